The Morgan fingerprint density at radius 3 is 3.13 bits per heavy atom. The number of hydrogen-bond donors (Lipinski definition) is 0. The lowest BCUT2D eigenvalue weighted by atomic mass is 9.81. The summed E-state index contributed by atoms with van der Waals surface area (Å²) < 4.78 is 11.3. The molecule has 2 heterocycles. The second-order valence-electron chi connectivity index (χ2n) is 6.71. The molecule has 0 bridgehead atoms. The van der Waals surface area contributed by atoms with Crippen molar-refractivity contribution in [1.29, 1.82) is 0 Å². The molecule has 0 unspecified atom stereocenters. The van der Waals surface area contributed by atoms with Gasteiger partial charge in [-0.15, -0.1) is 11.3 Å². The Labute approximate surface area is 142 Å². The molecule has 3 rings (SSSR count). The lowest BCUT2D eigenvalue weighted by Crippen LogP contribution is -2.36. The summed E-state index contributed by atoms with van der Waals surface area (Å²) in [4.78, 5) is 18.7. The van der Waals surface area contributed by atoms with Gasteiger partial charge in [0.1, 0.15) is 6.61 Å². The van der Waals surface area contributed by atoms with Crippen molar-refractivity contribution < 1.29 is 14.3 Å². The topological polar surface area (TPSA) is 51.7 Å². The van der Waals surface area contributed by atoms with Gasteiger partial charge in [0, 0.05) is 30.5 Å². The maximum Gasteiger partial charge on any atom is 0.248 e. The SMILES string of the molecule is CCOCC(=O)N1C[C@H]2CCC[C@@]2(COCc2csc(C)n2)C1. The van der Waals surface area contributed by atoms with E-state index in [1.54, 1.807) is 11.3 Å². The second kappa shape index (κ2) is 7.28. The Kier molecular flexibility index (Phi) is 5.34. The van der Waals surface area contributed by atoms with Crippen molar-refractivity contribution in [2.24, 2.45) is 11.3 Å². The van der Waals surface area contributed by atoms with Gasteiger partial charge in [0.25, 0.3) is 0 Å². The summed E-state index contributed by atoms with van der Waals surface area (Å²) in [5, 5.41) is 3.14. The lowest BCUT2D eigenvalue weighted by Gasteiger charge is -2.28. The lowest BCUT2D eigenvalue weighted by molar-refractivity contribution is -0.135. The number of fused-ring (bicyclic) bond motifs is 1. The molecule has 0 radical (unpaired) electrons. The first kappa shape index (κ1) is 16.9. The van der Waals surface area contributed by atoms with Gasteiger partial charge in [0.15, 0.2) is 0 Å². The van der Waals surface area contributed by atoms with Crippen LogP contribution in [0, 0.1) is 18.3 Å². The molecule has 2 fully saturated rings. The van der Waals surface area contributed by atoms with Gasteiger partial charge in [-0.05, 0) is 32.6 Å². The fraction of sp³-hybridized carbons (Fsp3) is 0.765. The van der Waals surface area contributed by atoms with E-state index in [1.807, 2.05) is 18.7 Å². The summed E-state index contributed by atoms with van der Waals surface area (Å²) >= 11 is 1.66. The van der Waals surface area contributed by atoms with Crippen LogP contribution in [-0.2, 0) is 20.9 Å². The number of carbonyl (C=O) groups excluding carboxylic acids is 1. The van der Waals surface area contributed by atoms with E-state index in [0.717, 1.165) is 36.8 Å². The van der Waals surface area contributed by atoms with Gasteiger partial charge in [-0.25, -0.2) is 4.98 Å². The third-order valence-corrected chi connectivity index (χ3v) is 5.95. The summed E-state index contributed by atoms with van der Waals surface area (Å²) in [5.41, 5.74) is 1.16. The molecule has 128 valence electrons. The van der Waals surface area contributed by atoms with Crippen LogP contribution in [0.25, 0.3) is 0 Å². The van der Waals surface area contributed by atoms with Gasteiger partial charge in [0.2, 0.25) is 5.91 Å². The fourth-order valence-electron chi connectivity index (χ4n) is 3.95. The number of thiazole rings is 1. The van der Waals surface area contributed by atoms with E-state index >= 15 is 0 Å². The molecule has 1 saturated carbocycles. The molecular weight excluding hydrogens is 312 g/mol. The van der Waals surface area contributed by atoms with Crippen molar-refractivity contribution >= 4 is 17.2 Å². The van der Waals surface area contributed by atoms with Crippen LogP contribution >= 0.6 is 11.3 Å². The Morgan fingerprint density at radius 2 is 2.39 bits per heavy atom. The Balaban J connectivity index is 1.54. The molecular formula is C17H26N2O3S. The average Bonchev–Trinajstić information content (AvgIpc) is 3.19. The number of hydrogen-bond acceptors (Lipinski definition) is 5. The van der Waals surface area contributed by atoms with Crippen molar-refractivity contribution in [3.05, 3.63) is 16.1 Å². The predicted octanol–water partition coefficient (Wildman–Crippen LogP) is 2.63. The third-order valence-electron chi connectivity index (χ3n) is 5.13. The number of likely N-dealkylation sites (tertiary alicyclic amines) is 1. The van der Waals surface area contributed by atoms with E-state index in [1.165, 1.54) is 12.8 Å². The van der Waals surface area contributed by atoms with Gasteiger partial charge in [-0.1, -0.05) is 6.42 Å². The minimum atomic E-state index is 0.121. The molecule has 2 aliphatic rings. The van der Waals surface area contributed by atoms with Crippen LogP contribution in [-0.4, -0.2) is 48.7 Å². The molecule has 1 aliphatic heterocycles. The number of amides is 1. The summed E-state index contributed by atoms with van der Waals surface area (Å²) in [7, 11) is 0. The number of ether oxygens (including phenoxy) is 2. The summed E-state index contributed by atoms with van der Waals surface area (Å²) in [5.74, 6) is 0.695. The molecule has 23 heavy (non-hydrogen) atoms. The molecule has 2 atom stereocenters. The zero-order valence-corrected chi connectivity index (χ0v) is 14.9. The van der Waals surface area contributed by atoms with Crippen molar-refractivity contribution in [3.8, 4) is 0 Å². The molecule has 0 spiro atoms. The maximum atomic E-state index is 12.2. The molecule has 6 heteroatoms. The largest absolute Gasteiger partial charge is 0.374 e. The molecule has 0 aromatic carbocycles. The van der Waals surface area contributed by atoms with Crippen LogP contribution in [0.5, 0.6) is 0 Å². The maximum absolute atomic E-state index is 12.2. The van der Waals surface area contributed by atoms with E-state index in [-0.39, 0.29) is 17.9 Å². The number of aryl methyl sites for hydroxylation is 1. The summed E-state index contributed by atoms with van der Waals surface area (Å²) in [6.45, 7) is 7.71. The molecule has 1 saturated heterocycles. The van der Waals surface area contributed by atoms with E-state index in [4.69, 9.17) is 9.47 Å². The smallest absolute Gasteiger partial charge is 0.248 e. The zero-order valence-electron chi connectivity index (χ0n) is 14.0. The first-order chi connectivity index (χ1) is 11.1. The number of nitrogens with zero attached hydrogens (tertiary/aromatic N) is 2. The highest BCUT2D eigenvalue weighted by molar-refractivity contribution is 7.09. The van der Waals surface area contributed by atoms with E-state index < -0.39 is 0 Å². The minimum absolute atomic E-state index is 0.121. The van der Waals surface area contributed by atoms with Gasteiger partial charge in [-0.3, -0.25) is 4.79 Å². The zero-order chi connectivity index (χ0) is 16.3. The van der Waals surface area contributed by atoms with Crippen molar-refractivity contribution in [3.63, 3.8) is 0 Å². The standard InChI is InChI=1S/C17H26N2O3S/c1-3-21-9-16(20)19-7-14-5-4-6-17(14,11-19)12-22-8-15-10-23-13(2)18-15/h10,14H,3-9,11-12H2,1-2H3/t14-,17+/m1/s1. The second-order valence-corrected chi connectivity index (χ2v) is 7.78. The fourth-order valence-corrected chi connectivity index (χ4v) is 4.55. The molecule has 1 aromatic rings. The molecule has 1 aromatic heterocycles. The number of rotatable bonds is 7. The minimum Gasteiger partial charge on any atom is -0.374 e. The van der Waals surface area contributed by atoms with Crippen LogP contribution < -0.4 is 0 Å². The van der Waals surface area contributed by atoms with Crippen molar-refractivity contribution in [1.82, 2.24) is 9.88 Å². The van der Waals surface area contributed by atoms with E-state index in [9.17, 15) is 4.79 Å². The number of aromatic nitrogens is 1. The van der Waals surface area contributed by atoms with Crippen molar-refractivity contribution in [2.45, 2.75) is 39.7 Å². The normalized spacial score (nSPS) is 26.7. The first-order valence-electron chi connectivity index (χ1n) is 8.47. The highest BCUT2D eigenvalue weighted by Gasteiger charge is 2.50. The monoisotopic (exact) mass is 338 g/mol. The summed E-state index contributed by atoms with van der Waals surface area (Å²) in [6.07, 6.45) is 3.61. The van der Waals surface area contributed by atoms with Crippen LogP contribution in [0.2, 0.25) is 0 Å². The number of carbonyl (C=O) groups is 1. The van der Waals surface area contributed by atoms with Crippen LogP contribution in [0.4, 0.5) is 0 Å². The first-order valence-corrected chi connectivity index (χ1v) is 9.35. The Hall–Kier alpha value is -0.980. The third kappa shape index (κ3) is 3.75. The molecule has 0 N–H and O–H groups in total. The molecule has 1 aliphatic carbocycles. The van der Waals surface area contributed by atoms with E-state index in [2.05, 4.69) is 10.4 Å². The Morgan fingerprint density at radius 1 is 1.52 bits per heavy atom. The van der Waals surface area contributed by atoms with Crippen LogP contribution in [0.3, 0.4) is 0 Å². The van der Waals surface area contributed by atoms with Gasteiger partial charge in [-0.2, -0.15) is 0 Å². The van der Waals surface area contributed by atoms with Crippen molar-refractivity contribution in [2.75, 3.05) is 32.9 Å². The van der Waals surface area contributed by atoms with Gasteiger partial charge < -0.3 is 14.4 Å². The quantitative estimate of drug-likeness (QED) is 0.767. The van der Waals surface area contributed by atoms with Crippen LogP contribution in [0.15, 0.2) is 5.38 Å². The van der Waals surface area contributed by atoms with Gasteiger partial charge in [0.05, 0.1) is 23.9 Å². The molecule has 5 nitrogen and oxygen atoms in total. The highest BCUT2D eigenvalue weighted by atomic mass is 32.1. The molecule has 1 amide bonds. The van der Waals surface area contributed by atoms with E-state index in [0.29, 0.717) is 19.1 Å². The predicted molar refractivity (Wildman–Crippen MR) is 89.4 cm³/mol. The Bertz CT molecular complexity index is 548. The average molecular weight is 338 g/mol. The summed E-state index contributed by atoms with van der Waals surface area (Å²) in [6, 6.07) is 0. The van der Waals surface area contributed by atoms with Gasteiger partial charge >= 0.3 is 0 Å². The van der Waals surface area contributed by atoms with Crippen LogP contribution in [0.1, 0.15) is 36.9 Å². The highest BCUT2D eigenvalue weighted by Crippen LogP contribution is 2.48.